The van der Waals surface area contributed by atoms with Crippen LogP contribution < -0.4 is 5.73 Å². The third-order valence-corrected chi connectivity index (χ3v) is 3.22. The van der Waals surface area contributed by atoms with Gasteiger partial charge in [-0.15, -0.1) is 0 Å². The fourth-order valence-corrected chi connectivity index (χ4v) is 2.09. The molecule has 1 saturated carbocycles. The highest BCUT2D eigenvalue weighted by atomic mass is 15.1. The first-order valence-electron chi connectivity index (χ1n) is 5.72. The van der Waals surface area contributed by atoms with Crippen molar-refractivity contribution in [1.29, 1.82) is 0 Å². The number of nitrogens with one attached hydrogen (secondary N) is 1. The summed E-state index contributed by atoms with van der Waals surface area (Å²) in [4.78, 5) is 2.24. The molecule has 1 aromatic heterocycles. The Bertz CT molecular complexity index is 303. The lowest BCUT2D eigenvalue weighted by atomic mass is 9.81. The molecule has 0 unspecified atom stereocenters. The van der Waals surface area contributed by atoms with Gasteiger partial charge in [0.15, 0.2) is 0 Å². The van der Waals surface area contributed by atoms with Gasteiger partial charge in [-0.2, -0.15) is 5.10 Å². The van der Waals surface area contributed by atoms with Gasteiger partial charge in [0, 0.05) is 36.8 Å². The highest BCUT2D eigenvalue weighted by molar-refractivity contribution is 5.22. The van der Waals surface area contributed by atoms with Crippen LogP contribution in [0.25, 0.3) is 0 Å². The van der Waals surface area contributed by atoms with Crippen molar-refractivity contribution in [3.05, 3.63) is 17.5 Å². The maximum Gasteiger partial charge on any atom is 0.0535 e. The van der Waals surface area contributed by atoms with Crippen LogP contribution in [0.15, 0.2) is 6.20 Å². The van der Waals surface area contributed by atoms with Crippen molar-refractivity contribution in [2.45, 2.75) is 31.7 Å². The second-order valence-electron chi connectivity index (χ2n) is 4.46. The molecule has 0 radical (unpaired) electrons. The van der Waals surface area contributed by atoms with Gasteiger partial charge in [-0.05, 0) is 19.9 Å². The van der Waals surface area contributed by atoms with E-state index in [1.54, 1.807) is 0 Å². The van der Waals surface area contributed by atoms with Crippen LogP contribution >= 0.6 is 0 Å². The summed E-state index contributed by atoms with van der Waals surface area (Å²) in [5, 5.41) is 7.30. The van der Waals surface area contributed by atoms with Crippen LogP contribution in [0.1, 0.15) is 36.4 Å². The Morgan fingerprint density at radius 2 is 2.40 bits per heavy atom. The lowest BCUT2D eigenvalue weighted by molar-refractivity contribution is 0.330. The number of rotatable bonds is 5. The van der Waals surface area contributed by atoms with E-state index in [2.05, 4.69) is 22.1 Å². The zero-order valence-electron chi connectivity index (χ0n) is 9.37. The SMILES string of the molecule is CN(CCN)Cc1cn[nH]c1C1CCC1. The van der Waals surface area contributed by atoms with Crippen molar-refractivity contribution in [1.82, 2.24) is 15.1 Å². The smallest absolute Gasteiger partial charge is 0.0535 e. The quantitative estimate of drug-likeness (QED) is 0.761. The van der Waals surface area contributed by atoms with Gasteiger partial charge in [0.1, 0.15) is 0 Å². The molecule has 0 aromatic carbocycles. The van der Waals surface area contributed by atoms with Crippen molar-refractivity contribution in [3.63, 3.8) is 0 Å². The molecule has 4 heteroatoms. The largest absolute Gasteiger partial charge is 0.329 e. The number of nitrogens with zero attached hydrogens (tertiary/aromatic N) is 2. The molecule has 1 aliphatic rings. The van der Waals surface area contributed by atoms with Crippen LogP contribution in [-0.2, 0) is 6.54 Å². The Labute approximate surface area is 90.8 Å². The summed E-state index contributed by atoms with van der Waals surface area (Å²) in [6.07, 6.45) is 5.95. The number of H-pyrrole nitrogens is 1. The summed E-state index contributed by atoms with van der Waals surface area (Å²) < 4.78 is 0. The normalized spacial score (nSPS) is 17.0. The predicted octanol–water partition coefficient (Wildman–Crippen LogP) is 1.07. The molecule has 15 heavy (non-hydrogen) atoms. The first-order valence-corrected chi connectivity index (χ1v) is 5.72. The van der Waals surface area contributed by atoms with E-state index in [9.17, 15) is 0 Å². The Morgan fingerprint density at radius 3 is 3.00 bits per heavy atom. The number of hydrogen-bond donors (Lipinski definition) is 2. The zero-order valence-corrected chi connectivity index (χ0v) is 9.37. The molecule has 0 spiro atoms. The highest BCUT2D eigenvalue weighted by Crippen LogP contribution is 2.36. The average molecular weight is 208 g/mol. The predicted molar refractivity (Wildman–Crippen MR) is 60.6 cm³/mol. The van der Waals surface area contributed by atoms with E-state index in [1.165, 1.54) is 30.5 Å². The molecule has 84 valence electrons. The molecular formula is C11H20N4. The van der Waals surface area contributed by atoms with Crippen LogP contribution in [0.2, 0.25) is 0 Å². The second kappa shape index (κ2) is 4.77. The third kappa shape index (κ3) is 2.38. The zero-order chi connectivity index (χ0) is 10.7. The number of aromatic nitrogens is 2. The van der Waals surface area contributed by atoms with Gasteiger partial charge < -0.3 is 10.6 Å². The summed E-state index contributed by atoms with van der Waals surface area (Å²) in [5.74, 6) is 0.730. The van der Waals surface area contributed by atoms with Crippen molar-refractivity contribution in [2.75, 3.05) is 20.1 Å². The van der Waals surface area contributed by atoms with Gasteiger partial charge in [-0.3, -0.25) is 5.10 Å². The first-order chi connectivity index (χ1) is 7.31. The molecule has 0 amide bonds. The molecule has 2 rings (SSSR count). The maximum atomic E-state index is 5.53. The van der Waals surface area contributed by atoms with Crippen molar-refractivity contribution >= 4 is 0 Å². The summed E-state index contributed by atoms with van der Waals surface area (Å²) in [6.45, 7) is 2.61. The molecule has 0 atom stereocenters. The van der Waals surface area contributed by atoms with E-state index in [1.807, 2.05) is 6.20 Å². The Balaban J connectivity index is 1.97. The molecule has 1 aliphatic carbocycles. The first kappa shape index (κ1) is 10.6. The molecular weight excluding hydrogens is 188 g/mol. The topological polar surface area (TPSA) is 57.9 Å². The molecule has 0 saturated heterocycles. The van der Waals surface area contributed by atoms with Crippen LogP contribution in [0, 0.1) is 0 Å². The number of aromatic amines is 1. The molecule has 0 aliphatic heterocycles. The molecule has 0 bridgehead atoms. The van der Waals surface area contributed by atoms with Crippen LogP contribution in [0.4, 0.5) is 0 Å². The van der Waals surface area contributed by atoms with E-state index >= 15 is 0 Å². The van der Waals surface area contributed by atoms with Crippen molar-refractivity contribution in [2.24, 2.45) is 5.73 Å². The summed E-state index contributed by atoms with van der Waals surface area (Å²) in [6, 6.07) is 0. The summed E-state index contributed by atoms with van der Waals surface area (Å²) in [5.41, 5.74) is 8.22. The van der Waals surface area contributed by atoms with Gasteiger partial charge >= 0.3 is 0 Å². The molecule has 3 N–H and O–H groups in total. The summed E-state index contributed by atoms with van der Waals surface area (Å²) in [7, 11) is 2.10. The fourth-order valence-electron chi connectivity index (χ4n) is 2.09. The highest BCUT2D eigenvalue weighted by Gasteiger charge is 2.23. The Morgan fingerprint density at radius 1 is 1.60 bits per heavy atom. The van der Waals surface area contributed by atoms with E-state index in [0.29, 0.717) is 6.54 Å². The minimum absolute atomic E-state index is 0.715. The van der Waals surface area contributed by atoms with E-state index in [4.69, 9.17) is 5.73 Å². The molecule has 4 nitrogen and oxygen atoms in total. The lowest BCUT2D eigenvalue weighted by Crippen LogP contribution is -2.25. The number of hydrogen-bond acceptors (Lipinski definition) is 3. The minimum atomic E-state index is 0.715. The molecule has 1 aromatic rings. The van der Waals surface area contributed by atoms with E-state index < -0.39 is 0 Å². The van der Waals surface area contributed by atoms with Gasteiger partial charge in [-0.1, -0.05) is 6.42 Å². The van der Waals surface area contributed by atoms with Crippen LogP contribution in [0.3, 0.4) is 0 Å². The standard InChI is InChI=1S/C11H20N4/c1-15(6-5-12)8-10-7-13-14-11(10)9-3-2-4-9/h7,9H,2-6,8,12H2,1H3,(H,13,14). The number of likely N-dealkylation sites (N-methyl/N-ethyl adjacent to an activating group) is 1. The Kier molecular flexibility index (Phi) is 3.38. The lowest BCUT2D eigenvalue weighted by Gasteiger charge is -2.26. The van der Waals surface area contributed by atoms with Crippen LogP contribution in [-0.4, -0.2) is 35.2 Å². The average Bonchev–Trinajstić information content (AvgIpc) is 2.51. The molecule has 1 heterocycles. The second-order valence-corrected chi connectivity index (χ2v) is 4.46. The monoisotopic (exact) mass is 208 g/mol. The Hall–Kier alpha value is -0.870. The van der Waals surface area contributed by atoms with Crippen LogP contribution in [0.5, 0.6) is 0 Å². The van der Waals surface area contributed by atoms with Gasteiger partial charge in [-0.25, -0.2) is 0 Å². The number of nitrogens with two attached hydrogens (primary N) is 1. The molecule has 1 fully saturated rings. The van der Waals surface area contributed by atoms with Gasteiger partial charge in [0.2, 0.25) is 0 Å². The van der Waals surface area contributed by atoms with Gasteiger partial charge in [0.05, 0.1) is 6.20 Å². The maximum absolute atomic E-state index is 5.53. The van der Waals surface area contributed by atoms with E-state index in [0.717, 1.165) is 19.0 Å². The summed E-state index contributed by atoms with van der Waals surface area (Å²) >= 11 is 0. The minimum Gasteiger partial charge on any atom is -0.329 e. The van der Waals surface area contributed by atoms with Gasteiger partial charge in [0.25, 0.3) is 0 Å². The van der Waals surface area contributed by atoms with Crippen molar-refractivity contribution < 1.29 is 0 Å². The van der Waals surface area contributed by atoms with E-state index in [-0.39, 0.29) is 0 Å². The fraction of sp³-hybridized carbons (Fsp3) is 0.727. The third-order valence-electron chi connectivity index (χ3n) is 3.22. The van der Waals surface area contributed by atoms with Crippen molar-refractivity contribution in [3.8, 4) is 0 Å².